The Morgan fingerprint density at radius 3 is 1.75 bits per heavy atom. The average Bonchev–Trinajstić information content (AvgIpc) is 3.39. The summed E-state index contributed by atoms with van der Waals surface area (Å²) in [5.41, 5.74) is -1.46. The fourth-order valence-electron chi connectivity index (χ4n) is 12.1. The Balaban J connectivity index is 1.03. The van der Waals surface area contributed by atoms with Crippen molar-refractivity contribution in [3.05, 3.63) is 28.8 Å². The van der Waals surface area contributed by atoms with Gasteiger partial charge in [0.05, 0.1) is 72.0 Å². The van der Waals surface area contributed by atoms with E-state index in [2.05, 4.69) is 0 Å². The van der Waals surface area contributed by atoms with Gasteiger partial charge in [-0.2, -0.15) is 0 Å². The first-order valence-corrected chi connectivity index (χ1v) is 27.3. The number of carbonyl (C=O) groups is 3. The first-order chi connectivity index (χ1) is 37.6. The molecule has 25 atom stereocenters. The maximum absolute atomic E-state index is 15.1. The molecular weight excluding hydrogens is 1060 g/mol. The van der Waals surface area contributed by atoms with Gasteiger partial charge in [0.1, 0.15) is 65.6 Å². The van der Waals surface area contributed by atoms with Crippen LogP contribution in [0, 0.1) is 12.8 Å². The minimum atomic E-state index is -1.95. The molecule has 5 heterocycles. The average molecular weight is 1140 g/mol. The molecule has 1 aliphatic carbocycles. The second kappa shape index (κ2) is 25.2. The molecular formula is C55H80O25. The van der Waals surface area contributed by atoms with E-state index in [1.807, 2.05) is 0 Å². The SMILES string of the molecule is COC1C(O)CC(OC2CC(Oc3cc4cc5c(c(O)c4c(O)c3C)C(=O)[C@@H](OC3CC(OC4CC(OC6CC(C)(O)C(OC(C)=O)C(C)O6)C(O)C(C)O4)C(O)C(C)O3)[C@H]([C@H](OC)C(=O)[C@@H](O)[C@@H](C)O)C5)OC(C)C2O)OC1C. The number of methoxy groups -OCH3 is 2. The monoisotopic (exact) mass is 1140 g/mol. The van der Waals surface area contributed by atoms with E-state index in [-0.39, 0.29) is 71.7 Å². The van der Waals surface area contributed by atoms with Crippen molar-refractivity contribution in [2.75, 3.05) is 14.2 Å². The standard InChI is InChI=1S/C55H80O25/c1-20-32(76-37-16-33(45(61)22(3)70-37)77-36-15-31(58)51(68-10)25(6)73-36)14-29-12-28-13-30(52(69-11)50(66)44(60)21(2)56)53(49(65)42(28)48(64)41(29)43(20)59)80-39-18-34(46(62)24(5)72-39)78-38-17-35(47(63)23(4)71-38)79-40-19-55(9,67)54(26(7)74-40)75-27(8)57/h12,14,21-26,30-31,33-40,44-47,51-54,56,58-64,67H,13,15-19H2,1-11H3/t21-,22?,23?,24?,25?,26?,30+,31?,33?,34?,35?,36?,37?,38?,39?,40?,44+,45?,46?,47?,51?,52+,53+,54?,55?/m1/s1. The largest absolute Gasteiger partial charge is 0.507 e. The van der Waals surface area contributed by atoms with Gasteiger partial charge in [-0.05, 0) is 84.9 Å². The van der Waals surface area contributed by atoms with Gasteiger partial charge in [-0.1, -0.05) is 0 Å². The first-order valence-electron chi connectivity index (χ1n) is 27.3. The Kier molecular flexibility index (Phi) is 19.6. The van der Waals surface area contributed by atoms with Crippen LogP contribution in [0.3, 0.4) is 0 Å². The van der Waals surface area contributed by atoms with Crippen molar-refractivity contribution in [1.82, 2.24) is 0 Å². The first kappa shape index (κ1) is 62.2. The number of ether oxygens (including phenoxy) is 13. The number of hydrogen-bond donors (Lipinski definition) is 9. The number of benzene rings is 2. The molecule has 25 heteroatoms. The minimum Gasteiger partial charge on any atom is -0.507 e. The van der Waals surface area contributed by atoms with E-state index in [1.54, 1.807) is 27.7 Å². The summed E-state index contributed by atoms with van der Waals surface area (Å²) in [6, 6.07) is 3.05. The quantitative estimate of drug-likeness (QED) is 0.0997. The van der Waals surface area contributed by atoms with Gasteiger partial charge < -0.3 is 108 Å². The van der Waals surface area contributed by atoms with Gasteiger partial charge in [0, 0.05) is 64.7 Å². The van der Waals surface area contributed by atoms with Crippen LogP contribution in [-0.2, 0) is 72.9 Å². The molecule has 80 heavy (non-hydrogen) atoms. The number of aromatic hydroxyl groups is 2. The van der Waals surface area contributed by atoms with Crippen LogP contribution in [-0.4, -0.2) is 225 Å². The molecule has 0 bridgehead atoms. The van der Waals surface area contributed by atoms with E-state index in [0.717, 1.165) is 0 Å². The van der Waals surface area contributed by atoms with Crippen molar-refractivity contribution in [1.29, 1.82) is 0 Å². The molecule has 6 aliphatic rings. The zero-order valence-corrected chi connectivity index (χ0v) is 46.8. The third-order valence-electron chi connectivity index (χ3n) is 16.4. The molecule has 0 radical (unpaired) electrons. The molecule has 20 unspecified atom stereocenters. The summed E-state index contributed by atoms with van der Waals surface area (Å²) >= 11 is 0. The molecule has 0 amide bonds. The van der Waals surface area contributed by atoms with Gasteiger partial charge in [0.15, 0.2) is 42.8 Å². The van der Waals surface area contributed by atoms with Crippen molar-refractivity contribution < 1.29 is 122 Å². The Bertz CT molecular complexity index is 2500. The highest BCUT2D eigenvalue weighted by atomic mass is 16.7. The Hall–Kier alpha value is -3.81. The minimum absolute atomic E-state index is 0.00805. The highest BCUT2D eigenvalue weighted by molar-refractivity contribution is 6.11. The van der Waals surface area contributed by atoms with Crippen molar-refractivity contribution >= 4 is 28.3 Å². The number of ketones is 2. The lowest BCUT2D eigenvalue weighted by atomic mass is 9.75. The van der Waals surface area contributed by atoms with Gasteiger partial charge in [-0.15, -0.1) is 0 Å². The van der Waals surface area contributed by atoms with Gasteiger partial charge in [-0.3, -0.25) is 14.4 Å². The van der Waals surface area contributed by atoms with Crippen LogP contribution in [0.25, 0.3) is 10.8 Å². The Labute approximate surface area is 463 Å². The van der Waals surface area contributed by atoms with Gasteiger partial charge in [0.25, 0.3) is 0 Å². The maximum atomic E-state index is 15.1. The molecule has 5 aliphatic heterocycles. The summed E-state index contributed by atoms with van der Waals surface area (Å²) in [5, 5.41) is 101. The molecule has 25 nitrogen and oxygen atoms in total. The second-order valence-electron chi connectivity index (χ2n) is 22.5. The van der Waals surface area contributed by atoms with E-state index >= 15 is 4.79 Å². The second-order valence-corrected chi connectivity index (χ2v) is 22.5. The van der Waals surface area contributed by atoms with Crippen molar-refractivity contribution in [2.45, 2.75) is 248 Å². The number of rotatable bonds is 17. The van der Waals surface area contributed by atoms with Crippen LogP contribution in [0.1, 0.15) is 109 Å². The highest BCUT2D eigenvalue weighted by Gasteiger charge is 2.52. The van der Waals surface area contributed by atoms with Gasteiger partial charge in [0.2, 0.25) is 6.29 Å². The summed E-state index contributed by atoms with van der Waals surface area (Å²) in [4.78, 5) is 40.8. The number of carbonyl (C=O) groups excluding carboxylic acids is 3. The number of Topliss-reactive ketones (excluding diaryl/α,β-unsaturated/α-hetero) is 2. The number of phenolic OH excluding ortho intramolecular Hbond substituents is 2. The summed E-state index contributed by atoms with van der Waals surface area (Å²) in [7, 11) is 2.66. The summed E-state index contributed by atoms with van der Waals surface area (Å²) < 4.78 is 78.0. The fourth-order valence-corrected chi connectivity index (χ4v) is 12.1. The third kappa shape index (κ3) is 12.9. The van der Waals surface area contributed by atoms with Crippen molar-refractivity contribution in [3.63, 3.8) is 0 Å². The molecule has 2 aromatic carbocycles. The van der Waals surface area contributed by atoms with Crippen LogP contribution >= 0.6 is 0 Å². The molecule has 5 saturated heterocycles. The normalized spacial score (nSPS) is 40.9. The summed E-state index contributed by atoms with van der Waals surface area (Å²) in [6.45, 7) is 13.6. The topological polar surface area (TPSA) is 353 Å². The van der Waals surface area contributed by atoms with Crippen LogP contribution < -0.4 is 4.74 Å². The predicted octanol–water partition coefficient (Wildman–Crippen LogP) is 0.976. The van der Waals surface area contributed by atoms with E-state index in [1.165, 1.54) is 61.0 Å². The smallest absolute Gasteiger partial charge is 0.303 e. The molecule has 450 valence electrons. The van der Waals surface area contributed by atoms with E-state index < -0.39 is 182 Å². The third-order valence-corrected chi connectivity index (χ3v) is 16.4. The molecule has 0 aromatic heterocycles. The number of hydrogen-bond acceptors (Lipinski definition) is 25. The number of fused-ring (bicyclic) bond motifs is 2. The molecule has 8 rings (SSSR count). The summed E-state index contributed by atoms with van der Waals surface area (Å²) in [6.07, 6.45) is -25.7. The van der Waals surface area contributed by atoms with Crippen LogP contribution in [0.5, 0.6) is 17.2 Å². The van der Waals surface area contributed by atoms with Crippen LogP contribution in [0.15, 0.2) is 12.1 Å². The molecule has 0 spiro atoms. The number of aliphatic hydroxyl groups excluding tert-OH is 6. The van der Waals surface area contributed by atoms with E-state index in [0.29, 0.717) is 0 Å². The fraction of sp³-hybridized carbons (Fsp3) is 0.764. The lowest BCUT2D eigenvalue weighted by molar-refractivity contribution is -0.334. The number of aliphatic hydroxyl groups is 7. The van der Waals surface area contributed by atoms with E-state index in [4.69, 9.17) is 61.6 Å². The Morgan fingerprint density at radius 2 is 1.23 bits per heavy atom. The molecule has 0 saturated carbocycles. The summed E-state index contributed by atoms with van der Waals surface area (Å²) in [5.74, 6) is -4.65. The van der Waals surface area contributed by atoms with Gasteiger partial charge in [-0.25, -0.2) is 0 Å². The number of esters is 1. The van der Waals surface area contributed by atoms with Crippen molar-refractivity contribution in [2.24, 2.45) is 5.92 Å². The van der Waals surface area contributed by atoms with Crippen LogP contribution in [0.2, 0.25) is 0 Å². The Morgan fingerprint density at radius 1 is 0.713 bits per heavy atom. The number of phenols is 2. The van der Waals surface area contributed by atoms with Gasteiger partial charge >= 0.3 is 5.97 Å². The zero-order chi connectivity index (χ0) is 58.6. The zero-order valence-electron chi connectivity index (χ0n) is 46.8. The highest BCUT2D eigenvalue weighted by Crippen LogP contribution is 2.48. The lowest BCUT2D eigenvalue weighted by Crippen LogP contribution is -2.59. The molecule has 9 N–H and O–H groups in total. The molecule has 2 aromatic rings. The van der Waals surface area contributed by atoms with Crippen molar-refractivity contribution in [3.8, 4) is 17.2 Å². The molecule has 5 fully saturated rings. The maximum Gasteiger partial charge on any atom is 0.303 e. The predicted molar refractivity (Wildman–Crippen MR) is 273 cm³/mol. The van der Waals surface area contributed by atoms with E-state index in [9.17, 15) is 55.5 Å². The van der Waals surface area contributed by atoms with Crippen LogP contribution in [0.4, 0.5) is 0 Å². The lowest BCUT2D eigenvalue weighted by Gasteiger charge is -2.46.